The van der Waals surface area contributed by atoms with Crippen LogP contribution in [0.5, 0.6) is 5.75 Å². The highest BCUT2D eigenvalue weighted by molar-refractivity contribution is 7.89. The highest BCUT2D eigenvalue weighted by Gasteiger charge is 2.35. The fourth-order valence-electron chi connectivity index (χ4n) is 3.81. The zero-order valence-corrected chi connectivity index (χ0v) is 20.1. The number of hydrogen-bond acceptors (Lipinski definition) is 6. The number of nitrogens with zero attached hydrogens (tertiary/aromatic N) is 1. The maximum Gasteiger partial charge on any atom is 0.311 e. The molecule has 9 heteroatoms. The van der Waals surface area contributed by atoms with Gasteiger partial charge in [0.2, 0.25) is 10.0 Å². The number of anilines is 1. The molecule has 1 aliphatic rings. The van der Waals surface area contributed by atoms with Crippen LogP contribution in [0, 0.1) is 19.8 Å². The van der Waals surface area contributed by atoms with Crippen LogP contribution >= 0.6 is 0 Å². The number of aryl methyl sites for hydroxylation is 2. The number of carbonyl (C=O) groups is 2. The second kappa shape index (κ2) is 10.4. The van der Waals surface area contributed by atoms with Crippen molar-refractivity contribution >= 4 is 27.6 Å². The number of methoxy groups -OCH3 is 1. The summed E-state index contributed by atoms with van der Waals surface area (Å²) in [4.78, 5) is 25.5. The van der Waals surface area contributed by atoms with Crippen molar-refractivity contribution in [3.8, 4) is 5.75 Å². The first-order chi connectivity index (χ1) is 15.6. The maximum atomic E-state index is 13.0. The molecule has 8 nitrogen and oxygen atoms in total. The van der Waals surface area contributed by atoms with E-state index >= 15 is 0 Å². The molecule has 0 aliphatic carbocycles. The van der Waals surface area contributed by atoms with Crippen molar-refractivity contribution in [3.05, 3.63) is 53.6 Å². The fourth-order valence-corrected chi connectivity index (χ4v) is 5.33. The van der Waals surface area contributed by atoms with E-state index in [4.69, 9.17) is 9.47 Å². The van der Waals surface area contributed by atoms with Crippen LogP contribution in [0.25, 0.3) is 0 Å². The van der Waals surface area contributed by atoms with Crippen LogP contribution in [-0.2, 0) is 24.3 Å². The number of para-hydroxylation sites is 1. The minimum atomic E-state index is -3.76. The molecule has 2 atom stereocenters. The van der Waals surface area contributed by atoms with Gasteiger partial charge in [-0.3, -0.25) is 9.59 Å². The van der Waals surface area contributed by atoms with Crippen molar-refractivity contribution < 1.29 is 27.5 Å². The van der Waals surface area contributed by atoms with E-state index in [9.17, 15) is 18.0 Å². The lowest BCUT2D eigenvalue weighted by Gasteiger charge is -2.31. The summed E-state index contributed by atoms with van der Waals surface area (Å²) in [6, 6.07) is 11.8. The van der Waals surface area contributed by atoms with Crippen LogP contribution < -0.4 is 10.1 Å². The smallest absolute Gasteiger partial charge is 0.311 e. The number of piperidine rings is 1. The third-order valence-corrected chi connectivity index (χ3v) is 7.69. The summed E-state index contributed by atoms with van der Waals surface area (Å²) in [7, 11) is -2.25. The van der Waals surface area contributed by atoms with Crippen molar-refractivity contribution in [3.63, 3.8) is 0 Å². The summed E-state index contributed by atoms with van der Waals surface area (Å²) >= 11 is 0. The fraction of sp³-hybridized carbons (Fsp3) is 0.417. The van der Waals surface area contributed by atoms with Gasteiger partial charge in [-0.15, -0.1) is 0 Å². The van der Waals surface area contributed by atoms with Crippen molar-refractivity contribution in [2.45, 2.75) is 44.6 Å². The summed E-state index contributed by atoms with van der Waals surface area (Å²) < 4.78 is 37.8. The lowest BCUT2D eigenvalue weighted by Crippen LogP contribution is -2.44. The first-order valence-electron chi connectivity index (χ1n) is 10.8. The van der Waals surface area contributed by atoms with Gasteiger partial charge in [-0.1, -0.05) is 18.2 Å². The lowest BCUT2D eigenvalue weighted by atomic mass is 10.00. The molecule has 0 spiro atoms. The van der Waals surface area contributed by atoms with Gasteiger partial charge in [0.1, 0.15) is 5.75 Å². The molecule has 0 radical (unpaired) electrons. The van der Waals surface area contributed by atoms with Gasteiger partial charge in [0.05, 0.1) is 17.9 Å². The van der Waals surface area contributed by atoms with E-state index in [0.29, 0.717) is 30.8 Å². The molecule has 1 heterocycles. The van der Waals surface area contributed by atoms with Crippen molar-refractivity contribution in [1.82, 2.24) is 4.31 Å². The van der Waals surface area contributed by atoms with Crippen LogP contribution in [0.4, 0.5) is 5.69 Å². The van der Waals surface area contributed by atoms with Gasteiger partial charge in [-0.05, 0) is 69.0 Å². The van der Waals surface area contributed by atoms with Crippen molar-refractivity contribution in [2.24, 2.45) is 5.92 Å². The third kappa shape index (κ3) is 5.72. The minimum Gasteiger partial charge on any atom is -0.497 e. The predicted octanol–water partition coefficient (Wildman–Crippen LogP) is 3.28. The largest absolute Gasteiger partial charge is 0.497 e. The van der Waals surface area contributed by atoms with E-state index in [2.05, 4.69) is 5.32 Å². The van der Waals surface area contributed by atoms with Gasteiger partial charge in [0.15, 0.2) is 6.10 Å². The molecule has 2 aromatic rings. The maximum absolute atomic E-state index is 13.0. The lowest BCUT2D eigenvalue weighted by molar-refractivity contribution is -0.158. The van der Waals surface area contributed by atoms with Crippen LogP contribution in [0.3, 0.4) is 0 Å². The van der Waals surface area contributed by atoms with E-state index < -0.39 is 33.9 Å². The van der Waals surface area contributed by atoms with Crippen LogP contribution in [0.2, 0.25) is 0 Å². The number of amides is 1. The average Bonchev–Trinajstić information content (AvgIpc) is 2.81. The minimum absolute atomic E-state index is 0.0123. The Kier molecular flexibility index (Phi) is 7.76. The monoisotopic (exact) mass is 474 g/mol. The second-order valence-corrected chi connectivity index (χ2v) is 10.2. The molecule has 2 aromatic carbocycles. The van der Waals surface area contributed by atoms with Gasteiger partial charge in [0, 0.05) is 18.8 Å². The molecule has 0 aromatic heterocycles. The molecule has 1 saturated heterocycles. The van der Waals surface area contributed by atoms with E-state index in [0.717, 1.165) is 11.1 Å². The zero-order chi connectivity index (χ0) is 24.2. The van der Waals surface area contributed by atoms with Crippen LogP contribution in [0.15, 0.2) is 47.4 Å². The predicted molar refractivity (Wildman–Crippen MR) is 125 cm³/mol. The Balaban J connectivity index is 1.63. The second-order valence-electron chi connectivity index (χ2n) is 8.21. The zero-order valence-electron chi connectivity index (χ0n) is 19.3. The van der Waals surface area contributed by atoms with E-state index in [1.54, 1.807) is 12.1 Å². The number of sulfonamides is 1. The Morgan fingerprint density at radius 3 is 2.33 bits per heavy atom. The first kappa shape index (κ1) is 24.7. The third-order valence-electron chi connectivity index (χ3n) is 5.81. The quantitative estimate of drug-likeness (QED) is 0.618. The molecule has 1 fully saturated rings. The molecule has 1 aliphatic heterocycles. The summed E-state index contributed by atoms with van der Waals surface area (Å²) in [6.07, 6.45) is 0.0155. The number of carbonyl (C=O) groups excluding carboxylic acids is 2. The van der Waals surface area contributed by atoms with Crippen LogP contribution in [0.1, 0.15) is 30.9 Å². The van der Waals surface area contributed by atoms with Gasteiger partial charge in [-0.25, -0.2) is 8.42 Å². The summed E-state index contributed by atoms with van der Waals surface area (Å²) in [5.74, 6) is -1.09. The van der Waals surface area contributed by atoms with Gasteiger partial charge >= 0.3 is 5.97 Å². The van der Waals surface area contributed by atoms with Gasteiger partial charge in [0.25, 0.3) is 5.91 Å². The topological polar surface area (TPSA) is 102 Å². The average molecular weight is 475 g/mol. The first-order valence-corrected chi connectivity index (χ1v) is 12.3. The van der Waals surface area contributed by atoms with Crippen molar-refractivity contribution in [2.75, 3.05) is 25.5 Å². The molecule has 1 amide bonds. The Labute approximate surface area is 194 Å². The van der Waals surface area contributed by atoms with Crippen LogP contribution in [-0.4, -0.2) is 50.9 Å². The highest BCUT2D eigenvalue weighted by Crippen LogP contribution is 2.26. The number of benzene rings is 2. The van der Waals surface area contributed by atoms with E-state index in [1.807, 2.05) is 32.0 Å². The molecular formula is C24H30N2O6S. The Morgan fingerprint density at radius 1 is 1.09 bits per heavy atom. The standard InChI is InChI=1S/C24H30N2O6S/c1-16-7-5-8-17(2)22(16)25-23(27)18(3)32-24(28)19-9-6-14-26(15-19)33(29,30)21-12-10-20(31-4)11-13-21/h5,7-8,10-13,18-19H,6,9,14-15H2,1-4H3,(H,25,27). The summed E-state index contributed by atoms with van der Waals surface area (Å²) in [6.45, 7) is 5.62. The van der Waals surface area contributed by atoms with Gasteiger partial charge in [-0.2, -0.15) is 4.31 Å². The molecule has 3 rings (SSSR count). The molecule has 33 heavy (non-hydrogen) atoms. The molecular weight excluding hydrogens is 444 g/mol. The van der Waals surface area contributed by atoms with Gasteiger partial charge < -0.3 is 14.8 Å². The Bertz CT molecular complexity index is 1090. The number of rotatable bonds is 7. The number of hydrogen-bond donors (Lipinski definition) is 1. The molecule has 178 valence electrons. The highest BCUT2D eigenvalue weighted by atomic mass is 32.2. The van der Waals surface area contributed by atoms with Crippen molar-refractivity contribution in [1.29, 1.82) is 0 Å². The van der Waals surface area contributed by atoms with E-state index in [1.165, 1.54) is 30.5 Å². The normalized spacial score (nSPS) is 17.8. The molecule has 2 unspecified atom stereocenters. The van der Waals surface area contributed by atoms with E-state index in [-0.39, 0.29) is 11.4 Å². The number of ether oxygens (including phenoxy) is 2. The number of nitrogens with one attached hydrogen (secondary N) is 1. The Morgan fingerprint density at radius 2 is 1.73 bits per heavy atom. The summed E-state index contributed by atoms with van der Waals surface area (Å²) in [5, 5.41) is 2.82. The molecule has 0 bridgehead atoms. The molecule has 1 N–H and O–H groups in total. The molecule has 0 saturated carbocycles. The summed E-state index contributed by atoms with van der Waals surface area (Å²) in [5.41, 5.74) is 2.52. The Hall–Kier alpha value is -2.91. The SMILES string of the molecule is COc1ccc(S(=O)(=O)N2CCCC(C(=O)OC(C)C(=O)Nc3c(C)cccc3C)C2)cc1. The number of esters is 1.